The smallest absolute Gasteiger partial charge is 0.337 e. The van der Waals surface area contributed by atoms with Gasteiger partial charge in [-0.05, 0) is 26.0 Å². The van der Waals surface area contributed by atoms with Crippen LogP contribution in [0.4, 0.5) is 0 Å². The molecule has 0 unspecified atom stereocenters. The number of hydrogen-bond acceptors (Lipinski definition) is 5. The molecular formula is C19H21N3O4. The Morgan fingerprint density at radius 1 is 1.31 bits per heavy atom. The Labute approximate surface area is 150 Å². The van der Waals surface area contributed by atoms with Crippen molar-refractivity contribution in [1.82, 2.24) is 14.7 Å². The first-order chi connectivity index (χ1) is 12.5. The molecule has 0 saturated carbocycles. The van der Waals surface area contributed by atoms with Crippen molar-refractivity contribution in [3.8, 4) is 5.75 Å². The van der Waals surface area contributed by atoms with E-state index in [2.05, 4.69) is 5.10 Å². The molecule has 0 atom stereocenters. The second kappa shape index (κ2) is 7.43. The molecule has 7 heteroatoms. The van der Waals surface area contributed by atoms with Crippen LogP contribution in [0.15, 0.2) is 45.9 Å². The second-order valence-electron chi connectivity index (χ2n) is 5.94. The fraction of sp³-hybridized carbons (Fsp3) is 0.316. The van der Waals surface area contributed by atoms with Gasteiger partial charge in [-0.2, -0.15) is 5.10 Å². The summed E-state index contributed by atoms with van der Waals surface area (Å²) in [6, 6.07) is 6.35. The number of fused-ring (bicyclic) bond motifs is 1. The molecule has 0 bridgehead atoms. The van der Waals surface area contributed by atoms with Gasteiger partial charge >= 0.3 is 5.63 Å². The third kappa shape index (κ3) is 3.61. The van der Waals surface area contributed by atoms with Crippen LogP contribution in [0, 0.1) is 0 Å². The third-order valence-electron chi connectivity index (χ3n) is 4.03. The highest BCUT2D eigenvalue weighted by atomic mass is 16.5. The lowest BCUT2D eigenvalue weighted by atomic mass is 10.1. The summed E-state index contributed by atoms with van der Waals surface area (Å²) in [7, 11) is 1.70. The molecule has 0 spiro atoms. The number of carbonyl (C=O) groups excluding carboxylic acids is 1. The van der Waals surface area contributed by atoms with Gasteiger partial charge in [0.15, 0.2) is 0 Å². The fourth-order valence-corrected chi connectivity index (χ4v) is 2.79. The monoisotopic (exact) mass is 355 g/mol. The average Bonchev–Trinajstić information content (AvgIpc) is 3.08. The lowest BCUT2D eigenvalue weighted by Crippen LogP contribution is -2.27. The van der Waals surface area contributed by atoms with E-state index < -0.39 is 5.63 Å². The Morgan fingerprint density at radius 2 is 2.12 bits per heavy atom. The molecule has 1 amide bonds. The van der Waals surface area contributed by atoms with E-state index >= 15 is 0 Å². The van der Waals surface area contributed by atoms with E-state index in [0.717, 1.165) is 12.1 Å². The maximum atomic E-state index is 12.9. The van der Waals surface area contributed by atoms with Crippen molar-refractivity contribution in [2.75, 3.05) is 13.7 Å². The van der Waals surface area contributed by atoms with E-state index in [1.807, 2.05) is 20.0 Å². The van der Waals surface area contributed by atoms with Crippen LogP contribution in [0.3, 0.4) is 0 Å². The van der Waals surface area contributed by atoms with E-state index in [-0.39, 0.29) is 5.91 Å². The molecule has 0 fully saturated rings. The van der Waals surface area contributed by atoms with E-state index in [0.29, 0.717) is 35.4 Å². The molecule has 0 aliphatic carbocycles. The maximum Gasteiger partial charge on any atom is 0.337 e. The number of hydrogen-bond donors (Lipinski definition) is 0. The lowest BCUT2D eigenvalue weighted by Gasteiger charge is -2.17. The van der Waals surface area contributed by atoms with Gasteiger partial charge in [0.1, 0.15) is 11.3 Å². The number of ether oxygens (including phenoxy) is 1. The van der Waals surface area contributed by atoms with Crippen LogP contribution in [0.25, 0.3) is 11.0 Å². The summed E-state index contributed by atoms with van der Waals surface area (Å²) in [5, 5.41) is 4.79. The summed E-state index contributed by atoms with van der Waals surface area (Å²) >= 11 is 0. The lowest BCUT2D eigenvalue weighted by molar-refractivity contribution is 0.0786. The van der Waals surface area contributed by atoms with E-state index in [1.165, 1.54) is 6.07 Å². The van der Waals surface area contributed by atoms with Crippen LogP contribution in [-0.2, 0) is 13.1 Å². The molecule has 1 aromatic carbocycles. The van der Waals surface area contributed by atoms with Gasteiger partial charge in [0.05, 0.1) is 18.4 Å². The standard InChI is InChI=1S/C19H21N3O4/c1-4-22-12-13(10-20-22)11-21(3)19(24)16-9-18(23)26-17-8-14(25-5-2)6-7-15(16)17/h6-10,12H,4-5,11H2,1-3H3. The SMILES string of the molecule is CCOc1ccc2c(C(=O)N(C)Cc3cnn(CC)c3)cc(=O)oc2c1. The molecular weight excluding hydrogens is 334 g/mol. The van der Waals surface area contributed by atoms with E-state index in [4.69, 9.17) is 9.15 Å². The first-order valence-corrected chi connectivity index (χ1v) is 8.49. The highest BCUT2D eigenvalue weighted by Gasteiger charge is 2.18. The first kappa shape index (κ1) is 17.7. The normalized spacial score (nSPS) is 10.9. The van der Waals surface area contributed by atoms with Crippen LogP contribution in [0.2, 0.25) is 0 Å². The fourth-order valence-electron chi connectivity index (χ4n) is 2.79. The van der Waals surface area contributed by atoms with Crippen LogP contribution >= 0.6 is 0 Å². The molecule has 3 rings (SSSR count). The Hall–Kier alpha value is -3.09. The zero-order chi connectivity index (χ0) is 18.7. The zero-order valence-corrected chi connectivity index (χ0v) is 15.1. The number of aromatic nitrogens is 2. The predicted molar refractivity (Wildman–Crippen MR) is 97.4 cm³/mol. The van der Waals surface area contributed by atoms with Crippen LogP contribution in [0.1, 0.15) is 29.8 Å². The Morgan fingerprint density at radius 3 is 2.81 bits per heavy atom. The number of aryl methyl sites for hydroxylation is 1. The summed E-state index contributed by atoms with van der Waals surface area (Å²) in [6.07, 6.45) is 3.63. The van der Waals surface area contributed by atoms with Crippen molar-refractivity contribution in [3.05, 3.63) is 58.2 Å². The van der Waals surface area contributed by atoms with Gasteiger partial charge in [-0.25, -0.2) is 4.79 Å². The predicted octanol–water partition coefficient (Wildman–Crippen LogP) is 2.68. The quantitative estimate of drug-likeness (QED) is 0.635. The summed E-state index contributed by atoms with van der Waals surface area (Å²) < 4.78 is 12.5. The van der Waals surface area contributed by atoms with Crippen LogP contribution in [-0.4, -0.2) is 34.2 Å². The molecule has 0 aliphatic heterocycles. The van der Waals surface area contributed by atoms with Gasteiger partial charge in [0.2, 0.25) is 0 Å². The largest absolute Gasteiger partial charge is 0.494 e. The number of amides is 1. The summed E-state index contributed by atoms with van der Waals surface area (Å²) in [5.41, 5.74) is 0.999. The third-order valence-corrected chi connectivity index (χ3v) is 4.03. The molecule has 2 aromatic heterocycles. The molecule has 0 N–H and O–H groups in total. The average molecular weight is 355 g/mol. The van der Waals surface area contributed by atoms with Crippen molar-refractivity contribution < 1.29 is 13.9 Å². The van der Waals surface area contributed by atoms with Gasteiger partial charge in [-0.15, -0.1) is 0 Å². The highest BCUT2D eigenvalue weighted by molar-refractivity contribution is 6.05. The first-order valence-electron chi connectivity index (χ1n) is 8.49. The topological polar surface area (TPSA) is 77.6 Å². The molecule has 136 valence electrons. The second-order valence-corrected chi connectivity index (χ2v) is 5.94. The minimum atomic E-state index is -0.568. The van der Waals surface area contributed by atoms with E-state index in [1.54, 1.807) is 41.0 Å². The van der Waals surface area contributed by atoms with Crippen molar-refractivity contribution in [2.24, 2.45) is 0 Å². The summed E-state index contributed by atoms with van der Waals surface area (Å²) in [4.78, 5) is 26.4. The van der Waals surface area contributed by atoms with Gasteiger partial charge in [0, 0.05) is 49.4 Å². The van der Waals surface area contributed by atoms with Crippen molar-refractivity contribution >= 4 is 16.9 Å². The van der Waals surface area contributed by atoms with Gasteiger partial charge < -0.3 is 14.1 Å². The minimum Gasteiger partial charge on any atom is -0.494 e. The molecule has 26 heavy (non-hydrogen) atoms. The Balaban J connectivity index is 1.92. The molecule has 7 nitrogen and oxygen atoms in total. The summed E-state index contributed by atoms with van der Waals surface area (Å²) in [6.45, 7) is 5.54. The summed E-state index contributed by atoms with van der Waals surface area (Å²) in [5.74, 6) is 0.337. The van der Waals surface area contributed by atoms with Gasteiger partial charge in [0.25, 0.3) is 5.91 Å². The number of carbonyl (C=O) groups is 1. The molecule has 0 radical (unpaired) electrons. The Kier molecular flexibility index (Phi) is 5.06. The van der Waals surface area contributed by atoms with Gasteiger partial charge in [-0.3, -0.25) is 9.48 Å². The van der Waals surface area contributed by atoms with Crippen LogP contribution < -0.4 is 10.4 Å². The maximum absolute atomic E-state index is 12.9. The molecule has 2 heterocycles. The van der Waals surface area contributed by atoms with E-state index in [9.17, 15) is 9.59 Å². The van der Waals surface area contributed by atoms with Crippen LogP contribution in [0.5, 0.6) is 5.75 Å². The number of rotatable bonds is 6. The van der Waals surface area contributed by atoms with Crippen molar-refractivity contribution in [1.29, 1.82) is 0 Å². The van der Waals surface area contributed by atoms with Gasteiger partial charge in [-0.1, -0.05) is 0 Å². The van der Waals surface area contributed by atoms with Crippen molar-refractivity contribution in [2.45, 2.75) is 26.9 Å². The number of benzene rings is 1. The highest BCUT2D eigenvalue weighted by Crippen LogP contribution is 2.24. The molecule has 0 aliphatic rings. The number of nitrogens with zero attached hydrogens (tertiary/aromatic N) is 3. The minimum absolute atomic E-state index is 0.253. The molecule has 3 aromatic rings. The Bertz CT molecular complexity index is 990. The van der Waals surface area contributed by atoms with Crippen molar-refractivity contribution in [3.63, 3.8) is 0 Å². The zero-order valence-electron chi connectivity index (χ0n) is 15.1. The molecule has 0 saturated heterocycles.